The minimum Gasteiger partial charge on any atom is -0.268 e. The molecule has 0 amide bonds. The van der Waals surface area contributed by atoms with E-state index in [9.17, 15) is 8.42 Å². The fraction of sp³-hybridized carbons (Fsp3) is 0.0833. The van der Waals surface area contributed by atoms with Gasteiger partial charge in [0, 0.05) is 13.2 Å². The van der Waals surface area contributed by atoms with E-state index in [1.807, 2.05) is 0 Å². The molecule has 0 fully saturated rings. The number of pyridine rings is 1. The zero-order chi connectivity index (χ0) is 13.2. The third-order valence-electron chi connectivity index (χ3n) is 2.48. The molecule has 0 bridgehead atoms. The average molecular weight is 283 g/mol. The van der Waals surface area contributed by atoms with Crippen molar-refractivity contribution in [2.24, 2.45) is 0 Å². The summed E-state index contributed by atoms with van der Waals surface area (Å²) in [6, 6.07) is 9.69. The Kier molecular flexibility index (Phi) is 3.54. The van der Waals surface area contributed by atoms with Crippen LogP contribution in [0.25, 0.3) is 0 Å². The summed E-state index contributed by atoms with van der Waals surface area (Å²) >= 11 is 5.92. The van der Waals surface area contributed by atoms with Gasteiger partial charge < -0.3 is 0 Å². The van der Waals surface area contributed by atoms with E-state index in [1.165, 1.54) is 19.3 Å². The maximum absolute atomic E-state index is 12.4. The molecule has 0 radical (unpaired) electrons. The zero-order valence-corrected chi connectivity index (χ0v) is 11.2. The largest absolute Gasteiger partial charge is 0.268 e. The Balaban J connectivity index is 2.48. The quantitative estimate of drug-likeness (QED) is 0.869. The molecule has 4 nitrogen and oxygen atoms in total. The molecule has 1 aromatic heterocycles. The lowest BCUT2D eigenvalue weighted by molar-refractivity contribution is 0.594. The van der Waals surface area contributed by atoms with Gasteiger partial charge in [-0.2, -0.15) is 0 Å². The van der Waals surface area contributed by atoms with Crippen LogP contribution >= 0.6 is 11.6 Å². The highest BCUT2D eigenvalue weighted by molar-refractivity contribution is 7.93. The second kappa shape index (κ2) is 4.96. The number of nitrogens with zero attached hydrogens (tertiary/aromatic N) is 2. The van der Waals surface area contributed by atoms with E-state index in [4.69, 9.17) is 11.6 Å². The number of aromatic nitrogens is 1. The number of sulfonamides is 1. The number of hydrogen-bond donors (Lipinski definition) is 0. The van der Waals surface area contributed by atoms with Gasteiger partial charge in [-0.25, -0.2) is 8.42 Å². The molecule has 0 unspecified atom stereocenters. The highest BCUT2D eigenvalue weighted by Gasteiger charge is 2.23. The van der Waals surface area contributed by atoms with E-state index < -0.39 is 10.0 Å². The number of halogens is 1. The number of benzene rings is 1. The highest BCUT2D eigenvalue weighted by atomic mass is 35.5. The van der Waals surface area contributed by atoms with Gasteiger partial charge >= 0.3 is 0 Å². The van der Waals surface area contributed by atoms with Crippen molar-refractivity contribution in [3.8, 4) is 0 Å². The molecule has 0 N–H and O–H groups in total. The summed E-state index contributed by atoms with van der Waals surface area (Å²) in [5, 5.41) is 0.202. The van der Waals surface area contributed by atoms with E-state index >= 15 is 0 Å². The van der Waals surface area contributed by atoms with E-state index in [0.29, 0.717) is 5.69 Å². The first kappa shape index (κ1) is 12.9. The number of rotatable bonds is 3. The predicted molar refractivity (Wildman–Crippen MR) is 71.3 cm³/mol. The lowest BCUT2D eigenvalue weighted by Crippen LogP contribution is -2.26. The Morgan fingerprint density at radius 1 is 1.17 bits per heavy atom. The summed E-state index contributed by atoms with van der Waals surface area (Å²) in [7, 11) is -2.19. The Bertz CT molecular complexity index is 644. The molecule has 1 heterocycles. The topological polar surface area (TPSA) is 50.3 Å². The van der Waals surface area contributed by atoms with Crippen molar-refractivity contribution >= 4 is 27.3 Å². The fourth-order valence-corrected chi connectivity index (χ4v) is 3.15. The summed E-state index contributed by atoms with van der Waals surface area (Å²) in [4.78, 5) is 3.98. The lowest BCUT2D eigenvalue weighted by atomic mass is 10.4. The first-order chi connectivity index (χ1) is 8.53. The van der Waals surface area contributed by atoms with Crippen molar-refractivity contribution in [1.29, 1.82) is 0 Å². The van der Waals surface area contributed by atoms with Gasteiger partial charge in [0.2, 0.25) is 0 Å². The molecule has 0 atom stereocenters. The van der Waals surface area contributed by atoms with E-state index in [-0.39, 0.29) is 9.92 Å². The van der Waals surface area contributed by atoms with E-state index in [0.717, 1.165) is 4.31 Å². The molecule has 2 rings (SSSR count). The van der Waals surface area contributed by atoms with Crippen LogP contribution in [0.1, 0.15) is 0 Å². The summed E-state index contributed by atoms with van der Waals surface area (Å²) in [6.07, 6.45) is 3.06. The summed E-state index contributed by atoms with van der Waals surface area (Å²) < 4.78 is 25.9. The van der Waals surface area contributed by atoms with Crippen molar-refractivity contribution in [2.45, 2.75) is 4.90 Å². The SMILES string of the molecule is CN(c1cccnc1)S(=O)(=O)c1ccccc1Cl. The molecule has 0 spiro atoms. The van der Waals surface area contributed by atoms with Crippen LogP contribution in [0.4, 0.5) is 5.69 Å². The maximum atomic E-state index is 12.4. The van der Waals surface area contributed by atoms with Gasteiger partial charge in [0.1, 0.15) is 4.90 Å². The third kappa shape index (κ3) is 2.32. The van der Waals surface area contributed by atoms with Crippen molar-refractivity contribution in [1.82, 2.24) is 4.98 Å². The fourth-order valence-electron chi connectivity index (χ4n) is 1.48. The van der Waals surface area contributed by atoms with Crippen molar-refractivity contribution < 1.29 is 8.42 Å². The van der Waals surface area contributed by atoms with Crippen molar-refractivity contribution in [2.75, 3.05) is 11.4 Å². The van der Waals surface area contributed by atoms with Gasteiger partial charge in [0.15, 0.2) is 0 Å². The first-order valence-electron chi connectivity index (χ1n) is 5.17. The average Bonchev–Trinajstić information content (AvgIpc) is 2.39. The minimum atomic E-state index is -3.66. The third-order valence-corrected chi connectivity index (χ3v) is 4.77. The smallest absolute Gasteiger partial charge is 0.265 e. The molecule has 0 aliphatic carbocycles. The predicted octanol–water partition coefficient (Wildman–Crippen LogP) is 2.56. The van der Waals surface area contributed by atoms with Crippen molar-refractivity contribution in [3.05, 3.63) is 53.8 Å². The maximum Gasteiger partial charge on any atom is 0.265 e. The first-order valence-corrected chi connectivity index (χ1v) is 6.99. The van der Waals surface area contributed by atoms with Gasteiger partial charge in [-0.15, -0.1) is 0 Å². The van der Waals surface area contributed by atoms with E-state index in [2.05, 4.69) is 4.98 Å². The van der Waals surface area contributed by atoms with Crippen LogP contribution < -0.4 is 4.31 Å². The van der Waals surface area contributed by atoms with Crippen LogP contribution in [-0.4, -0.2) is 20.4 Å². The van der Waals surface area contributed by atoms with Crippen LogP contribution in [0.5, 0.6) is 0 Å². The van der Waals surface area contributed by atoms with Crippen molar-refractivity contribution in [3.63, 3.8) is 0 Å². The van der Waals surface area contributed by atoms with Crippen LogP contribution in [0, 0.1) is 0 Å². The normalized spacial score (nSPS) is 11.2. The Labute approximate surface area is 111 Å². The van der Waals surface area contributed by atoms with E-state index in [1.54, 1.807) is 36.5 Å². The minimum absolute atomic E-state index is 0.0815. The standard InChI is InChI=1S/C12H11ClN2O2S/c1-15(10-5-4-8-14-9-10)18(16,17)12-7-3-2-6-11(12)13/h2-9H,1H3. The van der Waals surface area contributed by atoms with Gasteiger partial charge in [0.05, 0.1) is 16.9 Å². The molecule has 6 heteroatoms. The van der Waals surface area contributed by atoms with Gasteiger partial charge in [0.25, 0.3) is 10.0 Å². The summed E-state index contributed by atoms with van der Waals surface area (Å²) in [6.45, 7) is 0. The zero-order valence-electron chi connectivity index (χ0n) is 9.62. The highest BCUT2D eigenvalue weighted by Crippen LogP contribution is 2.26. The molecular formula is C12H11ClN2O2S. The Hall–Kier alpha value is -1.59. The molecule has 0 aliphatic rings. The molecule has 1 aromatic carbocycles. The number of hydrogen-bond acceptors (Lipinski definition) is 3. The van der Waals surface area contributed by atoms with Gasteiger partial charge in [-0.3, -0.25) is 9.29 Å². The summed E-state index contributed by atoms with van der Waals surface area (Å²) in [5.41, 5.74) is 0.484. The Morgan fingerprint density at radius 2 is 1.89 bits per heavy atom. The van der Waals surface area contributed by atoms with Crippen LogP contribution in [0.2, 0.25) is 5.02 Å². The molecule has 0 saturated carbocycles. The monoisotopic (exact) mass is 282 g/mol. The molecule has 18 heavy (non-hydrogen) atoms. The molecule has 0 saturated heterocycles. The number of anilines is 1. The van der Waals surface area contributed by atoms with Gasteiger partial charge in [-0.1, -0.05) is 23.7 Å². The van der Waals surface area contributed by atoms with Gasteiger partial charge in [-0.05, 0) is 24.3 Å². The lowest BCUT2D eigenvalue weighted by Gasteiger charge is -2.19. The molecule has 2 aromatic rings. The second-order valence-electron chi connectivity index (χ2n) is 3.61. The van der Waals surface area contributed by atoms with Crippen LogP contribution in [-0.2, 0) is 10.0 Å². The summed E-state index contributed by atoms with van der Waals surface area (Å²) in [5.74, 6) is 0. The second-order valence-corrected chi connectivity index (χ2v) is 5.96. The van der Waals surface area contributed by atoms with Crippen LogP contribution in [0.3, 0.4) is 0 Å². The molecular weight excluding hydrogens is 272 g/mol. The molecule has 0 aliphatic heterocycles. The Morgan fingerprint density at radius 3 is 2.50 bits per heavy atom. The molecule has 94 valence electrons. The van der Waals surface area contributed by atoms with Crippen LogP contribution in [0.15, 0.2) is 53.7 Å².